The van der Waals surface area contributed by atoms with Crippen LogP contribution in [0, 0.1) is 27.2 Å². The SMILES string of the molecule is Cc1nc(C23CC4CC(C)(CC(C)(C4)C2)C3)[nH]c(=O)c1I. The average molecular weight is 398 g/mol. The van der Waals surface area contributed by atoms with Crippen molar-refractivity contribution in [2.24, 2.45) is 16.7 Å². The fourth-order valence-corrected chi connectivity index (χ4v) is 6.79. The Morgan fingerprint density at radius 1 is 1.14 bits per heavy atom. The normalized spacial score (nSPS) is 44.3. The van der Waals surface area contributed by atoms with E-state index in [1.165, 1.54) is 38.5 Å². The van der Waals surface area contributed by atoms with E-state index in [1.54, 1.807) is 0 Å². The number of nitrogens with zero attached hydrogens (tertiary/aromatic N) is 1. The largest absolute Gasteiger partial charge is 0.309 e. The highest BCUT2D eigenvalue weighted by Crippen LogP contribution is 2.69. The van der Waals surface area contributed by atoms with E-state index in [4.69, 9.17) is 4.98 Å². The maximum atomic E-state index is 12.2. The van der Waals surface area contributed by atoms with Crippen molar-refractivity contribution in [2.45, 2.75) is 64.7 Å². The van der Waals surface area contributed by atoms with Crippen molar-refractivity contribution in [3.8, 4) is 0 Å². The van der Waals surface area contributed by atoms with Gasteiger partial charge in [-0.25, -0.2) is 4.98 Å². The summed E-state index contributed by atoms with van der Waals surface area (Å²) < 4.78 is 0.735. The van der Waals surface area contributed by atoms with E-state index >= 15 is 0 Å². The van der Waals surface area contributed by atoms with Gasteiger partial charge in [-0.05, 0) is 84.8 Å². The minimum atomic E-state index is 0.0455. The zero-order valence-electron chi connectivity index (χ0n) is 13.1. The van der Waals surface area contributed by atoms with Crippen molar-refractivity contribution in [1.82, 2.24) is 9.97 Å². The molecule has 1 aromatic rings. The molecule has 4 bridgehead atoms. The number of aromatic nitrogens is 2. The van der Waals surface area contributed by atoms with Gasteiger partial charge in [0.15, 0.2) is 0 Å². The van der Waals surface area contributed by atoms with Crippen molar-refractivity contribution in [3.05, 3.63) is 25.4 Å². The maximum absolute atomic E-state index is 12.2. The first-order chi connectivity index (χ1) is 9.73. The molecule has 0 amide bonds. The van der Waals surface area contributed by atoms with Gasteiger partial charge < -0.3 is 4.98 Å². The molecule has 0 aliphatic heterocycles. The highest BCUT2D eigenvalue weighted by molar-refractivity contribution is 14.1. The number of aromatic amines is 1. The van der Waals surface area contributed by atoms with Crippen LogP contribution in [-0.2, 0) is 5.41 Å². The molecule has 0 radical (unpaired) electrons. The molecule has 0 spiro atoms. The molecule has 21 heavy (non-hydrogen) atoms. The Morgan fingerprint density at radius 2 is 1.76 bits per heavy atom. The molecule has 2 atom stereocenters. The summed E-state index contributed by atoms with van der Waals surface area (Å²) in [7, 11) is 0. The second-order valence-electron chi connectivity index (χ2n) is 8.72. The summed E-state index contributed by atoms with van der Waals surface area (Å²) in [6.07, 6.45) is 7.73. The first-order valence-corrected chi connectivity index (χ1v) is 9.08. The van der Waals surface area contributed by atoms with E-state index in [-0.39, 0.29) is 11.0 Å². The fraction of sp³-hybridized carbons (Fsp3) is 0.765. The summed E-state index contributed by atoms with van der Waals surface area (Å²) in [5.41, 5.74) is 1.95. The van der Waals surface area contributed by atoms with Gasteiger partial charge in [0, 0.05) is 5.41 Å². The van der Waals surface area contributed by atoms with E-state index in [0.717, 1.165) is 21.0 Å². The van der Waals surface area contributed by atoms with Gasteiger partial charge in [0.05, 0.1) is 9.26 Å². The Morgan fingerprint density at radius 3 is 2.29 bits per heavy atom. The highest BCUT2D eigenvalue weighted by Gasteiger charge is 2.61. The van der Waals surface area contributed by atoms with Crippen LogP contribution in [0.1, 0.15) is 63.9 Å². The predicted molar refractivity (Wildman–Crippen MR) is 91.4 cm³/mol. The smallest absolute Gasteiger partial charge is 0.264 e. The minimum absolute atomic E-state index is 0.0455. The van der Waals surface area contributed by atoms with E-state index in [0.29, 0.717) is 10.8 Å². The summed E-state index contributed by atoms with van der Waals surface area (Å²) in [6.45, 7) is 6.88. The van der Waals surface area contributed by atoms with Gasteiger partial charge in [0.25, 0.3) is 5.56 Å². The third-order valence-electron chi connectivity index (χ3n) is 6.16. The predicted octanol–water partition coefficient (Wildman–Crippen LogP) is 3.93. The number of halogens is 1. The molecule has 4 fully saturated rings. The second kappa shape index (κ2) is 4.12. The van der Waals surface area contributed by atoms with Crippen LogP contribution in [0.2, 0.25) is 0 Å². The van der Waals surface area contributed by atoms with Gasteiger partial charge in [0.2, 0.25) is 0 Å². The molecule has 5 rings (SSSR count). The zero-order chi connectivity index (χ0) is 15.0. The Hall–Kier alpha value is -0.390. The van der Waals surface area contributed by atoms with Crippen molar-refractivity contribution in [1.29, 1.82) is 0 Å². The molecule has 3 nitrogen and oxygen atoms in total. The topological polar surface area (TPSA) is 45.8 Å². The molecule has 1 aromatic heterocycles. The molecule has 4 saturated carbocycles. The van der Waals surface area contributed by atoms with Gasteiger partial charge >= 0.3 is 0 Å². The van der Waals surface area contributed by atoms with Gasteiger partial charge in [-0.15, -0.1) is 0 Å². The first kappa shape index (κ1) is 14.2. The van der Waals surface area contributed by atoms with Crippen LogP contribution in [-0.4, -0.2) is 9.97 Å². The average Bonchev–Trinajstić information content (AvgIpc) is 2.30. The summed E-state index contributed by atoms with van der Waals surface area (Å²) >= 11 is 2.10. The zero-order valence-corrected chi connectivity index (χ0v) is 15.2. The van der Waals surface area contributed by atoms with Crippen LogP contribution in [0.15, 0.2) is 4.79 Å². The maximum Gasteiger partial charge on any atom is 0.264 e. The lowest BCUT2D eigenvalue weighted by Gasteiger charge is -2.65. The third kappa shape index (κ3) is 2.04. The van der Waals surface area contributed by atoms with Crippen LogP contribution < -0.4 is 5.56 Å². The summed E-state index contributed by atoms with van der Waals surface area (Å²) in [5, 5.41) is 0. The Labute approximate surface area is 139 Å². The lowest BCUT2D eigenvalue weighted by atomic mass is 9.40. The summed E-state index contributed by atoms with van der Waals surface area (Å²) in [5.74, 6) is 1.80. The van der Waals surface area contributed by atoms with Gasteiger partial charge in [-0.1, -0.05) is 13.8 Å². The van der Waals surface area contributed by atoms with Crippen molar-refractivity contribution in [2.75, 3.05) is 0 Å². The number of hydrogen-bond acceptors (Lipinski definition) is 2. The molecule has 0 saturated heterocycles. The number of H-pyrrole nitrogens is 1. The van der Waals surface area contributed by atoms with Gasteiger partial charge in [-0.2, -0.15) is 0 Å². The molecule has 4 heteroatoms. The number of aryl methyl sites for hydroxylation is 1. The highest BCUT2D eigenvalue weighted by atomic mass is 127. The molecule has 1 heterocycles. The quantitative estimate of drug-likeness (QED) is 0.729. The monoisotopic (exact) mass is 398 g/mol. The Kier molecular flexibility index (Phi) is 2.79. The standard InChI is InChI=1S/C17H23IN2O/c1-10-12(18)13(21)20-14(19-10)17-6-11-4-15(2,8-17)7-16(3,5-11)9-17/h11H,4-9H2,1-3H3,(H,19,20,21). The van der Waals surface area contributed by atoms with E-state index in [9.17, 15) is 4.79 Å². The number of rotatable bonds is 1. The van der Waals surface area contributed by atoms with Crippen LogP contribution in [0.5, 0.6) is 0 Å². The van der Waals surface area contributed by atoms with Gasteiger partial charge in [0.1, 0.15) is 5.82 Å². The Bertz CT molecular complexity index is 662. The molecule has 1 N–H and O–H groups in total. The minimum Gasteiger partial charge on any atom is -0.309 e. The van der Waals surface area contributed by atoms with Crippen LogP contribution >= 0.6 is 22.6 Å². The molecular weight excluding hydrogens is 375 g/mol. The fourth-order valence-electron chi connectivity index (χ4n) is 6.53. The molecule has 2 unspecified atom stereocenters. The second-order valence-corrected chi connectivity index (χ2v) is 9.80. The lowest BCUT2D eigenvalue weighted by molar-refractivity contribution is -0.112. The molecular formula is C17H23IN2O. The van der Waals surface area contributed by atoms with Crippen LogP contribution in [0.4, 0.5) is 0 Å². The van der Waals surface area contributed by atoms with E-state index < -0.39 is 0 Å². The van der Waals surface area contributed by atoms with Crippen molar-refractivity contribution >= 4 is 22.6 Å². The number of hydrogen-bond donors (Lipinski definition) is 1. The molecule has 4 aliphatic carbocycles. The molecule has 4 aliphatic rings. The van der Waals surface area contributed by atoms with Gasteiger partial charge in [-0.3, -0.25) is 4.79 Å². The Balaban J connectivity index is 1.86. The van der Waals surface area contributed by atoms with E-state index in [1.807, 2.05) is 6.92 Å². The van der Waals surface area contributed by atoms with Crippen LogP contribution in [0.25, 0.3) is 0 Å². The summed E-state index contributed by atoms with van der Waals surface area (Å²) in [6, 6.07) is 0. The van der Waals surface area contributed by atoms with Crippen molar-refractivity contribution < 1.29 is 0 Å². The summed E-state index contributed by atoms with van der Waals surface area (Å²) in [4.78, 5) is 20.2. The van der Waals surface area contributed by atoms with E-state index in [2.05, 4.69) is 41.4 Å². The molecule has 114 valence electrons. The van der Waals surface area contributed by atoms with Crippen molar-refractivity contribution in [3.63, 3.8) is 0 Å². The molecule has 0 aromatic carbocycles. The number of nitrogens with one attached hydrogen (secondary N) is 1. The first-order valence-electron chi connectivity index (χ1n) is 8.00. The third-order valence-corrected chi connectivity index (χ3v) is 7.43. The lowest BCUT2D eigenvalue weighted by Crippen LogP contribution is -2.57. The van der Waals surface area contributed by atoms with Crippen LogP contribution in [0.3, 0.4) is 0 Å².